The topological polar surface area (TPSA) is 30.5 Å². The number of ether oxygens (including phenoxy) is 1. The lowest BCUT2D eigenvalue weighted by atomic mass is 10.2. The van der Waals surface area contributed by atoms with Gasteiger partial charge in [-0.15, -0.1) is 0 Å². The van der Waals surface area contributed by atoms with Gasteiger partial charge in [0.1, 0.15) is 11.6 Å². The Labute approximate surface area is 111 Å². The average molecular weight is 261 g/mol. The van der Waals surface area contributed by atoms with Crippen LogP contribution in [0.15, 0.2) is 48.5 Å². The Hall–Kier alpha value is -1.91. The number of hydrogen-bond donors (Lipinski definition) is 1. The zero-order chi connectivity index (χ0) is 13.5. The van der Waals surface area contributed by atoms with Crippen molar-refractivity contribution in [2.75, 3.05) is 7.11 Å². The third kappa shape index (κ3) is 4.05. The molecule has 0 saturated carbocycles. The second kappa shape index (κ2) is 6.87. The van der Waals surface area contributed by atoms with Crippen molar-refractivity contribution in [3.8, 4) is 5.75 Å². The lowest BCUT2D eigenvalue weighted by Gasteiger charge is -2.08. The number of halogens is 1. The fourth-order valence-electron chi connectivity index (χ4n) is 1.64. The van der Waals surface area contributed by atoms with Gasteiger partial charge in [0.05, 0.1) is 13.7 Å². The standard InChI is InChI=1S/C15H16FNO2/c1-18-14-8-7-13(15(16)9-14)10-17-19-11-12-5-3-2-4-6-12/h2-9,17H,10-11H2,1H3. The van der Waals surface area contributed by atoms with Crippen molar-refractivity contribution < 1.29 is 14.0 Å². The molecular weight excluding hydrogens is 245 g/mol. The summed E-state index contributed by atoms with van der Waals surface area (Å²) in [5.41, 5.74) is 4.34. The van der Waals surface area contributed by atoms with Gasteiger partial charge >= 0.3 is 0 Å². The summed E-state index contributed by atoms with van der Waals surface area (Å²) in [4.78, 5) is 5.29. The summed E-state index contributed by atoms with van der Waals surface area (Å²) in [6, 6.07) is 14.5. The van der Waals surface area contributed by atoms with Crippen molar-refractivity contribution >= 4 is 0 Å². The van der Waals surface area contributed by atoms with Crippen LogP contribution in [0.4, 0.5) is 4.39 Å². The van der Waals surface area contributed by atoms with Gasteiger partial charge < -0.3 is 4.74 Å². The number of hydroxylamine groups is 1. The molecular formula is C15H16FNO2. The van der Waals surface area contributed by atoms with E-state index in [1.807, 2.05) is 30.3 Å². The van der Waals surface area contributed by atoms with Crippen molar-refractivity contribution in [2.24, 2.45) is 0 Å². The van der Waals surface area contributed by atoms with E-state index in [9.17, 15) is 4.39 Å². The van der Waals surface area contributed by atoms with Crippen LogP contribution in [0.2, 0.25) is 0 Å². The van der Waals surface area contributed by atoms with E-state index < -0.39 is 0 Å². The third-order valence-corrected chi connectivity index (χ3v) is 2.71. The second-order valence-corrected chi connectivity index (χ2v) is 4.05. The molecule has 0 aliphatic rings. The summed E-state index contributed by atoms with van der Waals surface area (Å²) in [6.45, 7) is 0.751. The zero-order valence-electron chi connectivity index (χ0n) is 10.7. The van der Waals surface area contributed by atoms with Crippen LogP contribution in [0, 0.1) is 5.82 Å². The second-order valence-electron chi connectivity index (χ2n) is 4.05. The van der Waals surface area contributed by atoms with Gasteiger partial charge in [0.25, 0.3) is 0 Å². The average Bonchev–Trinajstić information content (AvgIpc) is 2.46. The van der Waals surface area contributed by atoms with Gasteiger partial charge in [0, 0.05) is 18.2 Å². The minimum absolute atomic E-state index is 0.308. The molecule has 2 rings (SSSR count). The number of benzene rings is 2. The quantitative estimate of drug-likeness (QED) is 0.640. The molecule has 0 aromatic heterocycles. The zero-order valence-corrected chi connectivity index (χ0v) is 10.7. The smallest absolute Gasteiger partial charge is 0.131 e. The van der Waals surface area contributed by atoms with Gasteiger partial charge in [0.2, 0.25) is 0 Å². The van der Waals surface area contributed by atoms with Crippen LogP contribution in [0.3, 0.4) is 0 Å². The molecule has 19 heavy (non-hydrogen) atoms. The molecule has 0 atom stereocenters. The van der Waals surface area contributed by atoms with Gasteiger partial charge in [-0.2, -0.15) is 5.48 Å². The summed E-state index contributed by atoms with van der Waals surface area (Å²) < 4.78 is 18.6. The third-order valence-electron chi connectivity index (χ3n) is 2.71. The Balaban J connectivity index is 1.80. The largest absolute Gasteiger partial charge is 0.497 e. The lowest BCUT2D eigenvalue weighted by Crippen LogP contribution is -2.14. The van der Waals surface area contributed by atoms with Crippen LogP contribution >= 0.6 is 0 Å². The van der Waals surface area contributed by atoms with Gasteiger partial charge in [0.15, 0.2) is 0 Å². The summed E-state index contributed by atoms with van der Waals surface area (Å²) in [5.74, 6) is 0.196. The van der Waals surface area contributed by atoms with E-state index in [-0.39, 0.29) is 5.82 Å². The molecule has 4 heteroatoms. The number of nitrogens with one attached hydrogen (secondary N) is 1. The van der Waals surface area contributed by atoms with Gasteiger partial charge in [-0.05, 0) is 11.6 Å². The van der Waals surface area contributed by atoms with Crippen LogP contribution in [0.5, 0.6) is 5.75 Å². The summed E-state index contributed by atoms with van der Waals surface area (Å²) in [5, 5.41) is 0. The predicted molar refractivity (Wildman–Crippen MR) is 71.0 cm³/mol. The molecule has 2 aromatic carbocycles. The fraction of sp³-hybridized carbons (Fsp3) is 0.200. The van der Waals surface area contributed by atoms with E-state index in [0.29, 0.717) is 24.5 Å². The summed E-state index contributed by atoms with van der Waals surface area (Å²) >= 11 is 0. The molecule has 2 aromatic rings. The Kier molecular flexibility index (Phi) is 4.89. The van der Waals surface area contributed by atoms with E-state index in [0.717, 1.165) is 5.56 Å². The molecule has 0 aliphatic heterocycles. The van der Waals surface area contributed by atoms with Crippen LogP contribution < -0.4 is 10.2 Å². The van der Waals surface area contributed by atoms with Gasteiger partial charge in [-0.1, -0.05) is 36.4 Å². The molecule has 1 N–H and O–H groups in total. The van der Waals surface area contributed by atoms with E-state index in [1.165, 1.54) is 13.2 Å². The highest BCUT2D eigenvalue weighted by molar-refractivity contribution is 5.28. The highest BCUT2D eigenvalue weighted by atomic mass is 19.1. The minimum Gasteiger partial charge on any atom is -0.497 e. The normalized spacial score (nSPS) is 10.4. The maximum absolute atomic E-state index is 13.6. The first-order valence-corrected chi connectivity index (χ1v) is 6.00. The molecule has 3 nitrogen and oxygen atoms in total. The van der Waals surface area contributed by atoms with Crippen LogP contribution in [0.25, 0.3) is 0 Å². The molecule has 0 saturated heterocycles. The van der Waals surface area contributed by atoms with E-state index >= 15 is 0 Å². The monoisotopic (exact) mass is 261 g/mol. The van der Waals surface area contributed by atoms with Crippen molar-refractivity contribution in [1.82, 2.24) is 5.48 Å². The molecule has 0 aliphatic carbocycles. The molecule has 0 bridgehead atoms. The molecule has 0 fully saturated rings. The first-order chi connectivity index (χ1) is 9.29. The van der Waals surface area contributed by atoms with Crippen molar-refractivity contribution in [3.05, 3.63) is 65.5 Å². The SMILES string of the molecule is COc1ccc(CNOCc2ccccc2)c(F)c1. The first-order valence-electron chi connectivity index (χ1n) is 6.00. The summed E-state index contributed by atoms with van der Waals surface area (Å²) in [7, 11) is 1.51. The van der Waals surface area contributed by atoms with Crippen molar-refractivity contribution in [2.45, 2.75) is 13.2 Å². The predicted octanol–water partition coefficient (Wildman–Crippen LogP) is 3.06. The first kappa shape index (κ1) is 13.5. The molecule has 0 amide bonds. The Morgan fingerprint density at radius 3 is 2.58 bits per heavy atom. The highest BCUT2D eigenvalue weighted by Gasteiger charge is 2.03. The molecule has 0 heterocycles. The van der Waals surface area contributed by atoms with Gasteiger partial charge in [-0.25, -0.2) is 4.39 Å². The number of hydrogen-bond acceptors (Lipinski definition) is 3. The van der Waals surface area contributed by atoms with E-state index in [2.05, 4.69) is 5.48 Å². The molecule has 100 valence electrons. The number of methoxy groups -OCH3 is 1. The maximum Gasteiger partial charge on any atom is 0.131 e. The molecule has 0 spiro atoms. The van der Waals surface area contributed by atoms with Gasteiger partial charge in [-0.3, -0.25) is 4.84 Å². The Morgan fingerprint density at radius 2 is 1.89 bits per heavy atom. The van der Waals surface area contributed by atoms with Crippen LogP contribution in [-0.2, 0) is 18.0 Å². The van der Waals surface area contributed by atoms with E-state index in [1.54, 1.807) is 12.1 Å². The maximum atomic E-state index is 13.6. The van der Waals surface area contributed by atoms with Crippen LogP contribution in [-0.4, -0.2) is 7.11 Å². The minimum atomic E-state index is -0.310. The molecule has 0 radical (unpaired) electrons. The molecule has 0 unspecified atom stereocenters. The summed E-state index contributed by atoms with van der Waals surface area (Å²) in [6.07, 6.45) is 0. The Bertz CT molecular complexity index is 517. The van der Waals surface area contributed by atoms with E-state index in [4.69, 9.17) is 9.57 Å². The van der Waals surface area contributed by atoms with Crippen LogP contribution in [0.1, 0.15) is 11.1 Å². The lowest BCUT2D eigenvalue weighted by molar-refractivity contribution is 0.0229. The highest BCUT2D eigenvalue weighted by Crippen LogP contribution is 2.15. The van der Waals surface area contributed by atoms with Crippen molar-refractivity contribution in [1.29, 1.82) is 0 Å². The fourth-order valence-corrected chi connectivity index (χ4v) is 1.64. The Morgan fingerprint density at radius 1 is 1.11 bits per heavy atom. The van der Waals surface area contributed by atoms with Crippen molar-refractivity contribution in [3.63, 3.8) is 0 Å². The number of rotatable bonds is 6.